The number of ether oxygens (including phenoxy) is 1. The topological polar surface area (TPSA) is 62.3 Å². The number of hydrogen-bond acceptors (Lipinski definition) is 6. The lowest BCUT2D eigenvalue weighted by molar-refractivity contribution is 0.0378. The van der Waals surface area contributed by atoms with E-state index in [-0.39, 0.29) is 0 Å². The van der Waals surface area contributed by atoms with Crippen molar-refractivity contribution in [2.75, 3.05) is 57.1 Å². The summed E-state index contributed by atoms with van der Waals surface area (Å²) in [6.07, 6.45) is 3.64. The minimum Gasteiger partial charge on any atom is -0.379 e. The summed E-state index contributed by atoms with van der Waals surface area (Å²) in [7, 11) is 1.89. The summed E-state index contributed by atoms with van der Waals surface area (Å²) in [6.45, 7) is 8.01. The predicted octanol–water partition coefficient (Wildman–Crippen LogP) is 1.21. The third kappa shape index (κ3) is 4.05. The fourth-order valence-corrected chi connectivity index (χ4v) is 2.45. The van der Waals surface area contributed by atoms with Gasteiger partial charge in [0.15, 0.2) is 0 Å². The second-order valence-corrected chi connectivity index (χ2v) is 4.89. The summed E-state index contributed by atoms with van der Waals surface area (Å²) in [6, 6.07) is 0. The zero-order chi connectivity index (χ0) is 14.2. The highest BCUT2D eigenvalue weighted by molar-refractivity contribution is 5.56. The van der Waals surface area contributed by atoms with Gasteiger partial charge >= 0.3 is 0 Å². The van der Waals surface area contributed by atoms with Crippen LogP contribution in [-0.2, 0) is 11.2 Å². The van der Waals surface area contributed by atoms with E-state index in [0.29, 0.717) is 0 Å². The molecule has 0 saturated carbocycles. The van der Waals surface area contributed by atoms with Crippen LogP contribution >= 0.6 is 0 Å². The van der Waals surface area contributed by atoms with Crippen LogP contribution in [-0.4, -0.2) is 61.3 Å². The Labute approximate surface area is 120 Å². The molecule has 6 nitrogen and oxygen atoms in total. The van der Waals surface area contributed by atoms with Crippen molar-refractivity contribution in [1.29, 1.82) is 0 Å². The third-order valence-electron chi connectivity index (χ3n) is 3.58. The maximum absolute atomic E-state index is 5.35. The Balaban J connectivity index is 1.78. The molecule has 1 aliphatic rings. The summed E-state index contributed by atoms with van der Waals surface area (Å²) >= 11 is 0. The van der Waals surface area contributed by atoms with Gasteiger partial charge in [-0.2, -0.15) is 0 Å². The molecule has 2 rings (SSSR count). The molecule has 1 aliphatic heterocycles. The highest BCUT2D eigenvalue weighted by Gasteiger charge is 2.10. The Bertz CT molecular complexity index is 407. The quantitative estimate of drug-likeness (QED) is 0.732. The van der Waals surface area contributed by atoms with E-state index in [4.69, 9.17) is 4.74 Å². The molecule has 2 heterocycles. The minimum atomic E-state index is 0.866. The van der Waals surface area contributed by atoms with E-state index >= 15 is 0 Å². The third-order valence-corrected chi connectivity index (χ3v) is 3.58. The molecule has 0 unspecified atom stereocenters. The van der Waals surface area contributed by atoms with Crippen LogP contribution in [0.25, 0.3) is 0 Å². The normalized spacial score (nSPS) is 16.1. The average Bonchev–Trinajstić information content (AvgIpc) is 2.52. The van der Waals surface area contributed by atoms with Gasteiger partial charge in [0.2, 0.25) is 0 Å². The van der Waals surface area contributed by atoms with Crippen molar-refractivity contribution in [1.82, 2.24) is 14.9 Å². The molecule has 112 valence electrons. The molecule has 1 fully saturated rings. The second kappa shape index (κ2) is 8.01. The molecule has 2 N–H and O–H groups in total. The number of morpholine rings is 1. The molecule has 0 spiro atoms. The van der Waals surface area contributed by atoms with Crippen LogP contribution in [0.2, 0.25) is 0 Å². The average molecular weight is 279 g/mol. The molecule has 1 saturated heterocycles. The van der Waals surface area contributed by atoms with Gasteiger partial charge in [0.05, 0.1) is 13.2 Å². The molecule has 20 heavy (non-hydrogen) atoms. The number of hydrogen-bond donors (Lipinski definition) is 2. The fraction of sp³-hybridized carbons (Fsp3) is 0.714. The van der Waals surface area contributed by atoms with Crippen molar-refractivity contribution in [3.8, 4) is 0 Å². The highest BCUT2D eigenvalue weighted by atomic mass is 16.5. The number of rotatable bonds is 7. The van der Waals surface area contributed by atoms with Crippen LogP contribution in [0.3, 0.4) is 0 Å². The van der Waals surface area contributed by atoms with Gasteiger partial charge in [0.1, 0.15) is 18.0 Å². The van der Waals surface area contributed by atoms with E-state index in [9.17, 15) is 0 Å². The molecular weight excluding hydrogens is 254 g/mol. The summed E-state index contributed by atoms with van der Waals surface area (Å²) in [4.78, 5) is 11.0. The van der Waals surface area contributed by atoms with Crippen molar-refractivity contribution in [2.24, 2.45) is 0 Å². The second-order valence-electron chi connectivity index (χ2n) is 4.89. The van der Waals surface area contributed by atoms with Gasteiger partial charge < -0.3 is 15.4 Å². The Kier molecular flexibility index (Phi) is 6.01. The Morgan fingerprint density at radius 2 is 2.00 bits per heavy atom. The molecule has 1 aromatic heterocycles. The van der Waals surface area contributed by atoms with Crippen molar-refractivity contribution in [3.63, 3.8) is 0 Å². The van der Waals surface area contributed by atoms with Crippen LogP contribution in [0, 0.1) is 0 Å². The van der Waals surface area contributed by atoms with Gasteiger partial charge in [-0.1, -0.05) is 6.92 Å². The molecular formula is C14H25N5O. The standard InChI is InChI=1S/C14H25N5O/c1-3-12-13(15-2)17-11-18-14(12)16-5-4-6-19-7-9-20-10-8-19/h11H,3-10H2,1-2H3,(H2,15,16,17,18). The molecule has 6 heteroatoms. The Hall–Kier alpha value is -1.40. The van der Waals surface area contributed by atoms with Gasteiger partial charge in [0.25, 0.3) is 0 Å². The Morgan fingerprint density at radius 3 is 2.70 bits per heavy atom. The van der Waals surface area contributed by atoms with Crippen LogP contribution < -0.4 is 10.6 Å². The van der Waals surface area contributed by atoms with Gasteiger partial charge in [-0.15, -0.1) is 0 Å². The van der Waals surface area contributed by atoms with E-state index in [1.165, 1.54) is 0 Å². The largest absolute Gasteiger partial charge is 0.379 e. The summed E-state index contributed by atoms with van der Waals surface area (Å²) < 4.78 is 5.35. The molecule has 0 amide bonds. The lowest BCUT2D eigenvalue weighted by atomic mass is 10.2. The maximum Gasteiger partial charge on any atom is 0.134 e. The van der Waals surface area contributed by atoms with Crippen LogP contribution in [0.15, 0.2) is 6.33 Å². The Morgan fingerprint density at radius 1 is 1.25 bits per heavy atom. The molecule has 0 aromatic carbocycles. The SMILES string of the molecule is CCc1c(NC)ncnc1NCCCN1CCOCC1. The molecule has 1 aromatic rings. The van der Waals surface area contributed by atoms with Crippen molar-refractivity contribution >= 4 is 11.6 Å². The monoisotopic (exact) mass is 279 g/mol. The van der Waals surface area contributed by atoms with Crippen LogP contribution in [0.1, 0.15) is 18.9 Å². The van der Waals surface area contributed by atoms with Crippen molar-refractivity contribution < 1.29 is 4.74 Å². The van der Waals surface area contributed by atoms with Crippen molar-refractivity contribution in [2.45, 2.75) is 19.8 Å². The first-order valence-corrected chi connectivity index (χ1v) is 7.40. The zero-order valence-electron chi connectivity index (χ0n) is 12.5. The first-order valence-electron chi connectivity index (χ1n) is 7.40. The molecule has 0 aliphatic carbocycles. The zero-order valence-corrected chi connectivity index (χ0v) is 12.5. The number of nitrogens with one attached hydrogen (secondary N) is 2. The summed E-state index contributed by atoms with van der Waals surface area (Å²) in [5.74, 6) is 1.87. The molecule has 0 bridgehead atoms. The smallest absolute Gasteiger partial charge is 0.134 e. The van der Waals surface area contributed by atoms with Gasteiger partial charge in [0, 0.05) is 32.2 Å². The number of aromatic nitrogens is 2. The fourth-order valence-electron chi connectivity index (χ4n) is 2.45. The summed E-state index contributed by atoms with van der Waals surface area (Å²) in [5.41, 5.74) is 1.15. The number of anilines is 2. The van der Waals surface area contributed by atoms with E-state index < -0.39 is 0 Å². The van der Waals surface area contributed by atoms with E-state index in [1.54, 1.807) is 6.33 Å². The maximum atomic E-state index is 5.35. The first-order chi connectivity index (χ1) is 9.85. The molecule has 0 atom stereocenters. The number of nitrogens with zero attached hydrogens (tertiary/aromatic N) is 3. The van der Waals surface area contributed by atoms with Gasteiger partial charge in [-0.25, -0.2) is 9.97 Å². The lowest BCUT2D eigenvalue weighted by Gasteiger charge is -2.26. The highest BCUT2D eigenvalue weighted by Crippen LogP contribution is 2.19. The van der Waals surface area contributed by atoms with Gasteiger partial charge in [-0.05, 0) is 19.4 Å². The van der Waals surface area contributed by atoms with Crippen LogP contribution in [0.5, 0.6) is 0 Å². The van der Waals surface area contributed by atoms with Crippen molar-refractivity contribution in [3.05, 3.63) is 11.9 Å². The van der Waals surface area contributed by atoms with Crippen LogP contribution in [0.4, 0.5) is 11.6 Å². The van der Waals surface area contributed by atoms with E-state index in [0.717, 1.165) is 69.4 Å². The lowest BCUT2D eigenvalue weighted by Crippen LogP contribution is -2.37. The van der Waals surface area contributed by atoms with E-state index in [1.807, 2.05) is 7.05 Å². The predicted molar refractivity (Wildman–Crippen MR) is 81.3 cm³/mol. The van der Waals surface area contributed by atoms with E-state index in [2.05, 4.69) is 32.4 Å². The van der Waals surface area contributed by atoms with Gasteiger partial charge in [-0.3, -0.25) is 4.90 Å². The summed E-state index contributed by atoms with van der Waals surface area (Å²) in [5, 5.41) is 6.55. The first kappa shape index (κ1) is 15.0. The molecule has 0 radical (unpaired) electrons. The minimum absolute atomic E-state index is 0.866.